The van der Waals surface area contributed by atoms with Gasteiger partial charge in [-0.2, -0.15) is 19.0 Å². The minimum atomic E-state index is -3.17. The van der Waals surface area contributed by atoms with Gasteiger partial charge in [0.05, 0.1) is 11.9 Å². The summed E-state index contributed by atoms with van der Waals surface area (Å²) < 4.78 is 42.3. The zero-order chi connectivity index (χ0) is 18.3. The van der Waals surface area contributed by atoms with Crippen molar-refractivity contribution in [3.63, 3.8) is 0 Å². The molecule has 0 aliphatic carbocycles. The number of hydrogen-bond acceptors (Lipinski definition) is 4. The maximum absolute atomic E-state index is 14.0. The number of benzene rings is 1. The molecule has 0 spiro atoms. The van der Waals surface area contributed by atoms with Crippen LogP contribution in [0.1, 0.15) is 18.3 Å². The number of halogens is 3. The van der Waals surface area contributed by atoms with Crippen LogP contribution in [-0.2, 0) is 12.5 Å². The molecule has 132 valence electrons. The number of aromatic nitrogens is 6. The Morgan fingerprint density at radius 3 is 2.69 bits per heavy atom. The number of nitrogens with zero attached hydrogens (tertiary/aromatic N) is 5. The fourth-order valence-electron chi connectivity index (χ4n) is 2.65. The molecule has 0 aliphatic heterocycles. The Kier molecular flexibility index (Phi) is 3.71. The van der Waals surface area contributed by atoms with Crippen molar-refractivity contribution in [3.05, 3.63) is 59.8 Å². The lowest BCUT2D eigenvalue weighted by molar-refractivity contribution is 0.00813. The Bertz CT molecular complexity index is 1080. The first kappa shape index (κ1) is 16.2. The predicted molar refractivity (Wildman–Crippen MR) is 88.0 cm³/mol. The van der Waals surface area contributed by atoms with Crippen LogP contribution in [-0.4, -0.2) is 29.9 Å². The van der Waals surface area contributed by atoms with Crippen molar-refractivity contribution in [1.29, 1.82) is 0 Å². The van der Waals surface area contributed by atoms with E-state index in [1.165, 1.54) is 10.7 Å². The second-order valence-corrected chi connectivity index (χ2v) is 5.87. The number of hydrogen-bond donors (Lipinski definition) is 1. The Hall–Kier alpha value is -3.23. The molecule has 1 aromatic carbocycles. The molecule has 3 heterocycles. The number of alkyl halides is 2. The molecule has 4 rings (SSSR count). The minimum Gasteiger partial charge on any atom is -0.257 e. The quantitative estimate of drug-likeness (QED) is 0.606. The first-order chi connectivity index (χ1) is 12.4. The van der Waals surface area contributed by atoms with E-state index in [0.29, 0.717) is 22.3 Å². The smallest absolute Gasteiger partial charge is 0.257 e. The summed E-state index contributed by atoms with van der Waals surface area (Å²) in [5.74, 6) is -4.04. The molecular formula is C17H13F3N6. The molecule has 9 heteroatoms. The molecule has 3 aromatic heterocycles. The van der Waals surface area contributed by atoms with Crippen LogP contribution >= 0.6 is 0 Å². The summed E-state index contributed by atoms with van der Waals surface area (Å²) in [6.07, 6.45) is 1.58. The van der Waals surface area contributed by atoms with E-state index in [9.17, 15) is 13.2 Å². The molecule has 0 saturated carbocycles. The molecule has 6 nitrogen and oxygen atoms in total. The third-order valence-electron chi connectivity index (χ3n) is 3.89. The van der Waals surface area contributed by atoms with Gasteiger partial charge in [-0.1, -0.05) is 18.2 Å². The summed E-state index contributed by atoms with van der Waals surface area (Å²) in [7, 11) is 0. The molecule has 4 aromatic rings. The van der Waals surface area contributed by atoms with Gasteiger partial charge in [0.15, 0.2) is 11.5 Å². The molecule has 0 amide bonds. The van der Waals surface area contributed by atoms with Gasteiger partial charge in [-0.15, -0.1) is 0 Å². The van der Waals surface area contributed by atoms with Crippen molar-refractivity contribution >= 4 is 11.0 Å². The SMILES string of the molecule is CC(F)(F)c1n[nH]c(-c2nn(Cc3ccccc3F)c3ncccc23)n1. The van der Waals surface area contributed by atoms with Crippen molar-refractivity contribution in [3.8, 4) is 11.5 Å². The molecule has 0 unspecified atom stereocenters. The van der Waals surface area contributed by atoms with Crippen molar-refractivity contribution in [2.24, 2.45) is 0 Å². The lowest BCUT2D eigenvalue weighted by atomic mass is 10.2. The maximum Gasteiger partial charge on any atom is 0.305 e. The first-order valence-corrected chi connectivity index (χ1v) is 7.79. The van der Waals surface area contributed by atoms with Gasteiger partial charge < -0.3 is 0 Å². The predicted octanol–water partition coefficient (Wildman–Crippen LogP) is 3.52. The average molecular weight is 358 g/mol. The van der Waals surface area contributed by atoms with Gasteiger partial charge in [0.2, 0.25) is 5.82 Å². The Morgan fingerprint density at radius 1 is 1.15 bits per heavy atom. The van der Waals surface area contributed by atoms with Gasteiger partial charge >= 0.3 is 5.92 Å². The van der Waals surface area contributed by atoms with E-state index in [1.807, 2.05) is 0 Å². The second kappa shape index (κ2) is 5.94. The number of nitrogens with one attached hydrogen (secondary N) is 1. The number of pyridine rings is 1. The number of rotatable bonds is 4. The highest BCUT2D eigenvalue weighted by Gasteiger charge is 2.30. The summed E-state index contributed by atoms with van der Waals surface area (Å²) >= 11 is 0. The molecule has 0 radical (unpaired) electrons. The molecule has 0 bridgehead atoms. The molecule has 0 fully saturated rings. The Morgan fingerprint density at radius 2 is 1.96 bits per heavy atom. The van der Waals surface area contributed by atoms with Gasteiger partial charge in [0, 0.05) is 18.7 Å². The van der Waals surface area contributed by atoms with Crippen LogP contribution < -0.4 is 0 Å². The highest BCUT2D eigenvalue weighted by Crippen LogP contribution is 2.28. The fourth-order valence-corrected chi connectivity index (χ4v) is 2.65. The molecule has 0 aliphatic rings. The highest BCUT2D eigenvalue weighted by molar-refractivity contribution is 5.89. The zero-order valence-corrected chi connectivity index (χ0v) is 13.6. The van der Waals surface area contributed by atoms with Gasteiger partial charge in [-0.3, -0.25) is 5.10 Å². The second-order valence-electron chi connectivity index (χ2n) is 5.87. The van der Waals surface area contributed by atoms with E-state index >= 15 is 0 Å². The lowest BCUT2D eigenvalue weighted by Crippen LogP contribution is -2.09. The molecule has 1 N–H and O–H groups in total. The van der Waals surface area contributed by atoms with Gasteiger partial charge in [0.1, 0.15) is 11.5 Å². The van der Waals surface area contributed by atoms with Crippen LogP contribution in [0.2, 0.25) is 0 Å². The van der Waals surface area contributed by atoms with Crippen molar-refractivity contribution in [2.75, 3.05) is 0 Å². The summed E-state index contributed by atoms with van der Waals surface area (Å²) in [6.45, 7) is 0.863. The highest BCUT2D eigenvalue weighted by atomic mass is 19.3. The molecule has 0 atom stereocenters. The average Bonchev–Trinajstić information content (AvgIpc) is 3.22. The number of aromatic amines is 1. The van der Waals surface area contributed by atoms with E-state index in [1.54, 1.807) is 36.5 Å². The molecule has 0 saturated heterocycles. The Labute approximate surface area is 145 Å². The van der Waals surface area contributed by atoms with Gasteiger partial charge in [0.25, 0.3) is 0 Å². The van der Waals surface area contributed by atoms with E-state index in [0.717, 1.165) is 6.92 Å². The van der Waals surface area contributed by atoms with Crippen LogP contribution in [0.3, 0.4) is 0 Å². The Balaban J connectivity index is 1.82. The van der Waals surface area contributed by atoms with Crippen LogP contribution in [0.25, 0.3) is 22.6 Å². The number of H-pyrrole nitrogens is 1. The van der Waals surface area contributed by atoms with Crippen LogP contribution in [0.15, 0.2) is 42.6 Å². The monoisotopic (exact) mass is 358 g/mol. The van der Waals surface area contributed by atoms with Gasteiger partial charge in [-0.05, 0) is 18.2 Å². The normalized spacial score (nSPS) is 12.0. The zero-order valence-electron chi connectivity index (χ0n) is 13.6. The summed E-state index contributed by atoms with van der Waals surface area (Å²) in [5.41, 5.74) is 1.26. The van der Waals surface area contributed by atoms with Crippen molar-refractivity contribution in [2.45, 2.75) is 19.4 Å². The summed E-state index contributed by atoms with van der Waals surface area (Å²) in [6, 6.07) is 9.79. The van der Waals surface area contributed by atoms with Crippen molar-refractivity contribution < 1.29 is 13.2 Å². The summed E-state index contributed by atoms with van der Waals surface area (Å²) in [4.78, 5) is 8.12. The maximum atomic E-state index is 14.0. The van der Waals surface area contributed by atoms with E-state index in [2.05, 4.69) is 25.3 Å². The number of fused-ring (bicyclic) bond motifs is 1. The third-order valence-corrected chi connectivity index (χ3v) is 3.89. The fraction of sp³-hybridized carbons (Fsp3) is 0.176. The largest absolute Gasteiger partial charge is 0.305 e. The molecular weight excluding hydrogens is 345 g/mol. The lowest BCUT2D eigenvalue weighted by Gasteiger charge is -2.04. The van der Waals surface area contributed by atoms with Crippen LogP contribution in [0, 0.1) is 5.82 Å². The first-order valence-electron chi connectivity index (χ1n) is 7.79. The topological polar surface area (TPSA) is 72.3 Å². The van der Waals surface area contributed by atoms with Gasteiger partial charge in [-0.25, -0.2) is 19.0 Å². The van der Waals surface area contributed by atoms with Crippen molar-refractivity contribution in [1.82, 2.24) is 29.9 Å². The van der Waals surface area contributed by atoms with E-state index < -0.39 is 11.7 Å². The van der Waals surface area contributed by atoms with E-state index in [-0.39, 0.29) is 18.2 Å². The third kappa shape index (κ3) is 2.81. The standard InChI is InChI=1S/C17H13F3N6/c1-17(19,20)16-22-14(23-24-16)13-11-6-4-8-21-15(11)26(25-13)9-10-5-2-3-7-12(10)18/h2-8H,9H2,1H3,(H,22,23,24). The van der Waals surface area contributed by atoms with Crippen LogP contribution in [0.4, 0.5) is 13.2 Å². The van der Waals surface area contributed by atoms with E-state index in [4.69, 9.17) is 0 Å². The molecule has 26 heavy (non-hydrogen) atoms. The van der Waals surface area contributed by atoms with Crippen LogP contribution in [0.5, 0.6) is 0 Å². The summed E-state index contributed by atoms with van der Waals surface area (Å²) in [5, 5.41) is 11.1. The minimum absolute atomic E-state index is 0.104.